The molecule has 5 nitrogen and oxygen atoms in total. The number of hydrogen-bond acceptors (Lipinski definition) is 5. The minimum Gasteiger partial charge on any atom is -0.490 e. The van der Waals surface area contributed by atoms with E-state index in [9.17, 15) is 4.79 Å². The van der Waals surface area contributed by atoms with Gasteiger partial charge in [0.2, 0.25) is 0 Å². The highest BCUT2D eigenvalue weighted by Gasteiger charge is 2.35. The predicted octanol–water partition coefficient (Wildman–Crippen LogP) is 9.21. The average molecular weight is 681 g/mol. The lowest BCUT2D eigenvalue weighted by atomic mass is 10.1. The van der Waals surface area contributed by atoms with Gasteiger partial charge in [-0.1, -0.05) is 42.3 Å². The zero-order valence-corrected chi connectivity index (χ0v) is 26.0. The number of ether oxygens (including phenoxy) is 2. The van der Waals surface area contributed by atoms with Crippen LogP contribution in [0.25, 0.3) is 6.08 Å². The fourth-order valence-electron chi connectivity index (χ4n) is 3.69. The number of thioether (sulfide) groups is 1. The maximum absolute atomic E-state index is 13.8. The largest absolute Gasteiger partial charge is 0.490 e. The molecule has 1 aliphatic heterocycles. The van der Waals surface area contributed by atoms with Gasteiger partial charge in [0.25, 0.3) is 5.91 Å². The summed E-state index contributed by atoms with van der Waals surface area (Å²) in [4.78, 5) is 20.7. The maximum atomic E-state index is 13.8. The molecule has 0 aliphatic carbocycles. The number of halogens is 3. The zero-order chi connectivity index (χ0) is 27.4. The molecule has 1 aliphatic rings. The molecule has 1 amide bonds. The number of amidine groups is 1. The van der Waals surface area contributed by atoms with Crippen molar-refractivity contribution in [3.8, 4) is 11.5 Å². The molecule has 0 spiro atoms. The van der Waals surface area contributed by atoms with E-state index in [0.717, 1.165) is 32.4 Å². The van der Waals surface area contributed by atoms with Crippen molar-refractivity contribution in [2.24, 2.45) is 4.99 Å². The second-order valence-corrected chi connectivity index (χ2v) is 11.6. The minimum absolute atomic E-state index is 0.189. The van der Waals surface area contributed by atoms with E-state index in [1.54, 1.807) is 17.0 Å². The van der Waals surface area contributed by atoms with E-state index in [1.165, 1.54) is 11.8 Å². The number of aliphatic imine (C=N–C) groups is 1. The highest BCUT2D eigenvalue weighted by atomic mass is 127. The number of amides is 1. The van der Waals surface area contributed by atoms with Crippen LogP contribution in [0.5, 0.6) is 11.5 Å². The van der Waals surface area contributed by atoms with Gasteiger partial charge in [-0.2, -0.15) is 0 Å². The van der Waals surface area contributed by atoms with Crippen molar-refractivity contribution in [2.45, 2.75) is 34.1 Å². The van der Waals surface area contributed by atoms with Crippen LogP contribution in [-0.2, 0) is 4.79 Å². The molecular formula is C29H27Cl2IN2O3S. The summed E-state index contributed by atoms with van der Waals surface area (Å²) in [5.41, 5.74) is 4.02. The van der Waals surface area contributed by atoms with Crippen molar-refractivity contribution in [3.63, 3.8) is 0 Å². The van der Waals surface area contributed by atoms with Crippen LogP contribution in [-0.4, -0.2) is 24.3 Å². The number of benzene rings is 3. The molecule has 0 aromatic heterocycles. The summed E-state index contributed by atoms with van der Waals surface area (Å²) >= 11 is 16.3. The van der Waals surface area contributed by atoms with Crippen molar-refractivity contribution in [3.05, 3.63) is 83.7 Å². The Hall–Kier alpha value is -2.20. The molecule has 0 atom stereocenters. The number of aryl methyl sites for hydroxylation is 2. The van der Waals surface area contributed by atoms with Gasteiger partial charge in [-0.15, -0.1) is 0 Å². The van der Waals surface area contributed by atoms with Crippen LogP contribution in [0.4, 0.5) is 11.4 Å². The molecule has 0 saturated carbocycles. The normalized spacial score (nSPS) is 15.6. The summed E-state index contributed by atoms with van der Waals surface area (Å²) in [6, 6.07) is 15.0. The van der Waals surface area contributed by atoms with Crippen molar-refractivity contribution in [1.82, 2.24) is 0 Å². The molecule has 3 aromatic carbocycles. The first kappa shape index (κ1) is 28.8. The highest BCUT2D eigenvalue weighted by molar-refractivity contribution is 14.1. The SMILES string of the molecule is CCCOc1c(I)cc(/C=C2/SC(=Nc3ccc(C)c(Cl)c3)N(c3ccc(C)c(Cl)c3)C2=O)cc1OCC. The number of carbonyl (C=O) groups excluding carboxylic acids is 1. The predicted molar refractivity (Wildman–Crippen MR) is 169 cm³/mol. The Balaban J connectivity index is 1.78. The molecule has 0 radical (unpaired) electrons. The van der Waals surface area contributed by atoms with Crippen molar-refractivity contribution in [1.29, 1.82) is 0 Å². The third-order valence-corrected chi connectivity index (χ3v) is 8.26. The lowest BCUT2D eigenvalue weighted by Gasteiger charge is -2.17. The van der Waals surface area contributed by atoms with E-state index in [1.807, 2.05) is 63.2 Å². The third kappa shape index (κ3) is 6.50. The summed E-state index contributed by atoms with van der Waals surface area (Å²) in [7, 11) is 0. The van der Waals surface area contributed by atoms with Gasteiger partial charge in [-0.05, 0) is 121 Å². The number of rotatable bonds is 8. The molecule has 0 unspecified atom stereocenters. The van der Waals surface area contributed by atoms with Gasteiger partial charge in [0.05, 0.1) is 33.1 Å². The number of anilines is 1. The first-order chi connectivity index (χ1) is 18.2. The van der Waals surface area contributed by atoms with Crippen molar-refractivity contribution >= 4 is 86.1 Å². The van der Waals surface area contributed by atoms with Gasteiger partial charge in [-0.3, -0.25) is 9.69 Å². The Morgan fingerprint density at radius 3 is 2.37 bits per heavy atom. The van der Waals surface area contributed by atoms with E-state index in [-0.39, 0.29) is 5.91 Å². The average Bonchev–Trinajstić information content (AvgIpc) is 3.17. The van der Waals surface area contributed by atoms with E-state index >= 15 is 0 Å². The summed E-state index contributed by atoms with van der Waals surface area (Å²) in [6.45, 7) is 8.96. The molecule has 198 valence electrons. The Labute approximate surface area is 251 Å². The molecule has 1 heterocycles. The number of carbonyl (C=O) groups is 1. The molecule has 1 saturated heterocycles. The van der Waals surface area contributed by atoms with E-state index in [4.69, 9.17) is 37.7 Å². The first-order valence-electron chi connectivity index (χ1n) is 12.2. The zero-order valence-electron chi connectivity index (χ0n) is 21.5. The molecular weight excluding hydrogens is 654 g/mol. The lowest BCUT2D eigenvalue weighted by Crippen LogP contribution is -2.28. The van der Waals surface area contributed by atoms with Crippen LogP contribution in [0.3, 0.4) is 0 Å². The van der Waals surface area contributed by atoms with Gasteiger partial charge < -0.3 is 9.47 Å². The smallest absolute Gasteiger partial charge is 0.271 e. The molecule has 9 heteroatoms. The number of hydrogen-bond donors (Lipinski definition) is 0. The molecule has 0 N–H and O–H groups in total. The lowest BCUT2D eigenvalue weighted by molar-refractivity contribution is -0.113. The Bertz CT molecular complexity index is 1440. The minimum atomic E-state index is -0.189. The van der Waals surface area contributed by atoms with Crippen molar-refractivity contribution < 1.29 is 14.3 Å². The van der Waals surface area contributed by atoms with Crippen LogP contribution in [0.15, 0.2) is 58.4 Å². The Kier molecular flexibility index (Phi) is 9.68. The van der Waals surface area contributed by atoms with E-state index in [0.29, 0.717) is 50.5 Å². The number of nitrogens with zero attached hydrogens (tertiary/aromatic N) is 2. The van der Waals surface area contributed by atoms with Gasteiger partial charge in [0.1, 0.15) is 0 Å². The van der Waals surface area contributed by atoms with Gasteiger partial charge in [0.15, 0.2) is 16.7 Å². The highest BCUT2D eigenvalue weighted by Crippen LogP contribution is 2.40. The van der Waals surface area contributed by atoms with Crippen molar-refractivity contribution in [2.75, 3.05) is 18.1 Å². The first-order valence-corrected chi connectivity index (χ1v) is 14.8. The quantitative estimate of drug-likeness (QED) is 0.176. The van der Waals surface area contributed by atoms with Gasteiger partial charge >= 0.3 is 0 Å². The topological polar surface area (TPSA) is 51.1 Å². The van der Waals surface area contributed by atoms with Crippen LogP contribution >= 0.6 is 57.6 Å². The summed E-state index contributed by atoms with van der Waals surface area (Å²) in [5.74, 6) is 1.18. The summed E-state index contributed by atoms with van der Waals surface area (Å²) in [5, 5.41) is 1.71. The molecule has 1 fully saturated rings. The second kappa shape index (κ2) is 12.8. The van der Waals surface area contributed by atoms with Crippen LogP contribution in [0.1, 0.15) is 37.0 Å². The van der Waals surface area contributed by atoms with E-state index < -0.39 is 0 Å². The molecule has 4 rings (SSSR count). The molecule has 0 bridgehead atoms. The fraction of sp³-hybridized carbons (Fsp3) is 0.241. The molecule has 3 aromatic rings. The Morgan fingerprint density at radius 2 is 1.71 bits per heavy atom. The Morgan fingerprint density at radius 1 is 1.00 bits per heavy atom. The maximum Gasteiger partial charge on any atom is 0.271 e. The van der Waals surface area contributed by atoms with Crippen LogP contribution in [0.2, 0.25) is 10.0 Å². The van der Waals surface area contributed by atoms with Gasteiger partial charge in [-0.25, -0.2) is 4.99 Å². The second-order valence-electron chi connectivity index (χ2n) is 8.62. The standard InChI is InChI=1S/C29H27Cl2IN2O3S/c1-5-11-37-27-24(32)12-19(13-25(27)36-6-2)14-26-28(35)34(21-10-8-18(4)23(31)16-21)29(38-26)33-20-9-7-17(3)22(30)15-20/h7-10,12-16H,5-6,11H2,1-4H3/b26-14+,33-29?. The fourth-order valence-corrected chi connectivity index (χ4v) is 5.82. The summed E-state index contributed by atoms with van der Waals surface area (Å²) in [6.07, 6.45) is 2.75. The van der Waals surface area contributed by atoms with E-state index in [2.05, 4.69) is 29.5 Å². The van der Waals surface area contributed by atoms with Crippen LogP contribution < -0.4 is 14.4 Å². The third-order valence-electron chi connectivity index (χ3n) is 5.68. The van der Waals surface area contributed by atoms with Crippen LogP contribution in [0, 0.1) is 17.4 Å². The summed E-state index contributed by atoms with van der Waals surface area (Å²) < 4.78 is 12.7. The van der Waals surface area contributed by atoms with Gasteiger partial charge in [0, 0.05) is 10.0 Å². The molecule has 38 heavy (non-hydrogen) atoms. The monoisotopic (exact) mass is 680 g/mol.